The summed E-state index contributed by atoms with van der Waals surface area (Å²) in [6, 6.07) is 9.70. The van der Waals surface area contributed by atoms with Crippen LogP contribution in [0.4, 0.5) is 5.82 Å². The summed E-state index contributed by atoms with van der Waals surface area (Å²) < 4.78 is 3.59. The number of nitrogens with one attached hydrogen (secondary N) is 1. The Kier molecular flexibility index (Phi) is 6.46. The minimum absolute atomic E-state index is 0.130. The number of hydrogen-bond donors (Lipinski definition) is 1. The second kappa shape index (κ2) is 9.41. The van der Waals surface area contributed by atoms with Gasteiger partial charge in [0.25, 0.3) is 0 Å². The van der Waals surface area contributed by atoms with E-state index in [1.807, 2.05) is 28.9 Å². The number of benzene rings is 1. The molecule has 0 radical (unpaired) electrons. The lowest BCUT2D eigenvalue weighted by atomic mass is 9.96. The van der Waals surface area contributed by atoms with Crippen molar-refractivity contribution in [3.05, 3.63) is 47.1 Å². The maximum atomic E-state index is 12.5. The molecule has 1 N–H and O–H groups in total. The number of anilines is 1. The Hall–Kier alpha value is -2.39. The highest BCUT2D eigenvalue weighted by Gasteiger charge is 2.21. The number of nitrogens with zero attached hydrogens (tertiary/aromatic N) is 6. The smallest absolute Gasteiger partial charge is 0.235 e. The molecule has 1 amide bonds. The zero-order valence-electron chi connectivity index (χ0n) is 15.9. The van der Waals surface area contributed by atoms with Crippen LogP contribution < -0.4 is 5.32 Å². The SMILES string of the molecule is O=C(CSc1nnnn1C1CCCCC1)Nc1ccnn1Cc1ccccc1Cl. The average molecular weight is 432 g/mol. The fourth-order valence-corrected chi connectivity index (χ4v) is 4.44. The fourth-order valence-electron chi connectivity index (χ4n) is 3.50. The van der Waals surface area contributed by atoms with Crippen LogP contribution in [0.15, 0.2) is 41.7 Å². The number of amides is 1. The number of aromatic nitrogens is 6. The van der Waals surface area contributed by atoms with Crippen molar-refractivity contribution < 1.29 is 4.79 Å². The maximum Gasteiger partial charge on any atom is 0.235 e. The highest BCUT2D eigenvalue weighted by molar-refractivity contribution is 7.99. The molecule has 4 rings (SSSR count). The van der Waals surface area contributed by atoms with E-state index in [0.717, 1.165) is 18.4 Å². The number of halogens is 1. The van der Waals surface area contributed by atoms with Gasteiger partial charge in [0.05, 0.1) is 24.5 Å². The molecule has 1 fully saturated rings. The number of tetrazole rings is 1. The van der Waals surface area contributed by atoms with Gasteiger partial charge in [-0.05, 0) is 34.9 Å². The first-order valence-electron chi connectivity index (χ1n) is 9.66. The largest absolute Gasteiger partial charge is 0.310 e. The molecule has 1 aliphatic rings. The zero-order chi connectivity index (χ0) is 20.1. The zero-order valence-corrected chi connectivity index (χ0v) is 17.4. The van der Waals surface area contributed by atoms with Gasteiger partial charge in [-0.1, -0.05) is 60.8 Å². The van der Waals surface area contributed by atoms with E-state index < -0.39 is 0 Å². The lowest BCUT2D eigenvalue weighted by Gasteiger charge is -2.21. The van der Waals surface area contributed by atoms with Crippen molar-refractivity contribution in [3.8, 4) is 0 Å². The van der Waals surface area contributed by atoms with E-state index in [0.29, 0.717) is 28.6 Å². The molecule has 3 aromatic rings. The predicted molar refractivity (Wildman–Crippen MR) is 112 cm³/mol. The molecule has 1 saturated carbocycles. The van der Waals surface area contributed by atoms with Crippen LogP contribution in [0.3, 0.4) is 0 Å². The molecule has 0 bridgehead atoms. The molecule has 0 spiro atoms. The van der Waals surface area contributed by atoms with E-state index in [1.54, 1.807) is 16.9 Å². The molecular weight excluding hydrogens is 410 g/mol. The van der Waals surface area contributed by atoms with Crippen molar-refractivity contribution in [3.63, 3.8) is 0 Å². The highest BCUT2D eigenvalue weighted by Crippen LogP contribution is 2.30. The van der Waals surface area contributed by atoms with Gasteiger partial charge in [0, 0.05) is 11.1 Å². The number of thioether (sulfide) groups is 1. The summed E-state index contributed by atoms with van der Waals surface area (Å²) in [5.41, 5.74) is 0.939. The standard InChI is InChI=1S/C19H22ClN7OS/c20-16-9-5-4-6-14(16)12-26-17(10-11-21-26)22-18(28)13-29-19-23-24-25-27(19)15-7-2-1-3-8-15/h4-6,9-11,15H,1-3,7-8,12-13H2,(H,22,28). The van der Waals surface area contributed by atoms with Crippen LogP contribution >= 0.6 is 23.4 Å². The maximum absolute atomic E-state index is 12.5. The third-order valence-electron chi connectivity index (χ3n) is 4.98. The second-order valence-electron chi connectivity index (χ2n) is 7.00. The minimum Gasteiger partial charge on any atom is -0.310 e. The van der Waals surface area contributed by atoms with E-state index in [4.69, 9.17) is 11.6 Å². The number of carbonyl (C=O) groups excluding carboxylic acids is 1. The van der Waals surface area contributed by atoms with E-state index >= 15 is 0 Å². The van der Waals surface area contributed by atoms with E-state index in [1.165, 1.54) is 31.0 Å². The number of rotatable bonds is 7. The molecule has 1 aliphatic carbocycles. The quantitative estimate of drug-likeness (QED) is 0.572. The summed E-state index contributed by atoms with van der Waals surface area (Å²) in [7, 11) is 0. The predicted octanol–water partition coefficient (Wildman–Crippen LogP) is 3.81. The molecule has 0 saturated heterocycles. The molecule has 2 heterocycles. The molecule has 1 aromatic carbocycles. The normalized spacial score (nSPS) is 14.8. The number of carbonyl (C=O) groups is 1. The van der Waals surface area contributed by atoms with Crippen molar-refractivity contribution in [1.82, 2.24) is 30.0 Å². The van der Waals surface area contributed by atoms with Crippen molar-refractivity contribution in [2.24, 2.45) is 0 Å². The summed E-state index contributed by atoms with van der Waals surface area (Å²) in [5, 5.41) is 20.6. The van der Waals surface area contributed by atoms with Gasteiger partial charge >= 0.3 is 0 Å². The van der Waals surface area contributed by atoms with E-state index in [-0.39, 0.29) is 11.7 Å². The van der Waals surface area contributed by atoms with Crippen LogP contribution in [0.25, 0.3) is 0 Å². The third kappa shape index (κ3) is 4.97. The Morgan fingerprint density at radius 1 is 1.21 bits per heavy atom. The summed E-state index contributed by atoms with van der Waals surface area (Å²) in [6.07, 6.45) is 7.50. The Labute approximate surface area is 178 Å². The average Bonchev–Trinajstić information content (AvgIpc) is 3.38. The van der Waals surface area contributed by atoms with Gasteiger partial charge in [-0.3, -0.25) is 4.79 Å². The van der Waals surface area contributed by atoms with Crippen molar-refractivity contribution in [2.45, 2.75) is 49.8 Å². The summed E-state index contributed by atoms with van der Waals surface area (Å²) in [6.45, 7) is 0.482. The topological polar surface area (TPSA) is 90.5 Å². The first-order chi connectivity index (χ1) is 14.2. The molecule has 29 heavy (non-hydrogen) atoms. The monoisotopic (exact) mass is 431 g/mol. The third-order valence-corrected chi connectivity index (χ3v) is 6.28. The van der Waals surface area contributed by atoms with Gasteiger partial charge in [0.15, 0.2) is 0 Å². The van der Waals surface area contributed by atoms with Gasteiger partial charge < -0.3 is 5.32 Å². The minimum atomic E-state index is -0.130. The molecule has 0 aliphatic heterocycles. The fraction of sp³-hybridized carbons (Fsp3) is 0.421. The summed E-state index contributed by atoms with van der Waals surface area (Å²) in [4.78, 5) is 12.5. The lowest BCUT2D eigenvalue weighted by molar-refractivity contribution is -0.113. The van der Waals surface area contributed by atoms with Crippen LogP contribution in [0.1, 0.15) is 43.7 Å². The first kappa shape index (κ1) is 19.9. The van der Waals surface area contributed by atoms with Crippen LogP contribution in [0.2, 0.25) is 5.02 Å². The molecule has 2 aromatic heterocycles. The second-order valence-corrected chi connectivity index (χ2v) is 8.35. The van der Waals surface area contributed by atoms with Gasteiger partial charge in [0.2, 0.25) is 11.1 Å². The summed E-state index contributed by atoms with van der Waals surface area (Å²) >= 11 is 7.59. The Bertz CT molecular complexity index is 967. The van der Waals surface area contributed by atoms with Crippen LogP contribution in [-0.2, 0) is 11.3 Å². The number of hydrogen-bond acceptors (Lipinski definition) is 6. The first-order valence-corrected chi connectivity index (χ1v) is 11.0. The lowest BCUT2D eigenvalue weighted by Crippen LogP contribution is -2.19. The van der Waals surface area contributed by atoms with Crippen LogP contribution in [0.5, 0.6) is 0 Å². The molecule has 0 unspecified atom stereocenters. The Morgan fingerprint density at radius 2 is 2.03 bits per heavy atom. The van der Waals surface area contributed by atoms with Gasteiger partial charge in [-0.2, -0.15) is 5.10 Å². The van der Waals surface area contributed by atoms with Crippen molar-refractivity contribution in [2.75, 3.05) is 11.1 Å². The van der Waals surface area contributed by atoms with Gasteiger partial charge in [0.1, 0.15) is 5.82 Å². The molecule has 0 atom stereocenters. The van der Waals surface area contributed by atoms with Gasteiger partial charge in [-0.25, -0.2) is 9.36 Å². The van der Waals surface area contributed by atoms with Gasteiger partial charge in [-0.15, -0.1) is 5.10 Å². The Morgan fingerprint density at radius 3 is 2.86 bits per heavy atom. The molecule has 8 nitrogen and oxygen atoms in total. The van der Waals surface area contributed by atoms with E-state index in [2.05, 4.69) is 25.9 Å². The highest BCUT2D eigenvalue weighted by atomic mass is 35.5. The summed E-state index contributed by atoms with van der Waals surface area (Å²) in [5.74, 6) is 0.723. The molecule has 152 valence electrons. The van der Waals surface area contributed by atoms with Crippen molar-refractivity contribution in [1.29, 1.82) is 0 Å². The van der Waals surface area contributed by atoms with Crippen LogP contribution in [-0.4, -0.2) is 41.6 Å². The Balaban J connectivity index is 1.35. The molecule has 10 heteroatoms. The molecular formula is C19H22ClN7OS. The van der Waals surface area contributed by atoms with Crippen molar-refractivity contribution >= 4 is 35.1 Å². The van der Waals surface area contributed by atoms with Crippen LogP contribution in [0, 0.1) is 0 Å². The van der Waals surface area contributed by atoms with E-state index in [9.17, 15) is 4.79 Å².